The van der Waals surface area contributed by atoms with E-state index in [0.717, 1.165) is 16.9 Å². The molecule has 1 aliphatic carbocycles. The Balaban J connectivity index is 1.81. The molecule has 1 saturated carbocycles. The van der Waals surface area contributed by atoms with E-state index in [0.29, 0.717) is 31.4 Å². The van der Waals surface area contributed by atoms with Crippen LogP contribution in [0.5, 0.6) is 0 Å². The van der Waals surface area contributed by atoms with Gasteiger partial charge in [-0.15, -0.1) is 0 Å². The number of aryl methyl sites for hydroxylation is 1. The quantitative estimate of drug-likeness (QED) is 0.753. The van der Waals surface area contributed by atoms with E-state index < -0.39 is 5.60 Å². The molecule has 0 saturated heterocycles. The minimum atomic E-state index is -0.974. The van der Waals surface area contributed by atoms with Gasteiger partial charge in [-0.2, -0.15) is 5.10 Å². The lowest BCUT2D eigenvalue weighted by Crippen LogP contribution is -2.33. The normalized spacial score (nSPS) is 23.1. The second-order valence-electron chi connectivity index (χ2n) is 7.29. The molecule has 0 atom stereocenters. The van der Waals surface area contributed by atoms with Crippen LogP contribution in [-0.4, -0.2) is 26.1 Å². The van der Waals surface area contributed by atoms with Gasteiger partial charge in [-0.3, -0.25) is 0 Å². The Morgan fingerprint density at radius 1 is 1.00 bits per heavy atom. The predicted octanol–water partition coefficient (Wildman–Crippen LogP) is 3.97. The third-order valence-corrected chi connectivity index (χ3v) is 5.32. The number of hydrogen-bond donors (Lipinski definition) is 2. The molecule has 1 fully saturated rings. The smallest absolute Gasteiger partial charge is 0.109 e. The summed E-state index contributed by atoms with van der Waals surface area (Å²) in [4.78, 5) is 0. The Morgan fingerprint density at radius 3 is 2.31 bits per heavy atom. The van der Waals surface area contributed by atoms with Crippen molar-refractivity contribution in [2.24, 2.45) is 0 Å². The summed E-state index contributed by atoms with van der Waals surface area (Å²) in [5.74, 6) is 0. The fourth-order valence-corrected chi connectivity index (χ4v) is 3.64. The first kappa shape index (κ1) is 17.0. The van der Waals surface area contributed by atoms with Crippen molar-refractivity contribution < 1.29 is 10.2 Å². The predicted molar refractivity (Wildman–Crippen MR) is 102 cm³/mol. The molecule has 0 bridgehead atoms. The lowest BCUT2D eigenvalue weighted by atomic mass is 9.81. The van der Waals surface area contributed by atoms with Crippen molar-refractivity contribution in [3.05, 3.63) is 71.9 Å². The Morgan fingerprint density at radius 2 is 1.65 bits per heavy atom. The number of nitrogens with zero attached hydrogens (tertiary/aromatic N) is 2. The highest BCUT2D eigenvalue weighted by atomic mass is 16.3. The number of hydrogen-bond acceptors (Lipinski definition) is 3. The molecule has 4 heteroatoms. The molecule has 2 aromatic carbocycles. The maximum atomic E-state index is 11.1. The number of aliphatic hydroxyl groups is 2. The molecule has 2 N–H and O–H groups in total. The summed E-state index contributed by atoms with van der Waals surface area (Å²) in [7, 11) is 0. The van der Waals surface area contributed by atoms with Crippen LogP contribution in [0.4, 0.5) is 0 Å². The average molecular weight is 348 g/mol. The van der Waals surface area contributed by atoms with Gasteiger partial charge >= 0.3 is 0 Å². The van der Waals surface area contributed by atoms with Gasteiger partial charge in [-0.05, 0) is 50.8 Å². The van der Waals surface area contributed by atoms with Crippen molar-refractivity contribution in [3.8, 4) is 16.9 Å². The third-order valence-electron chi connectivity index (χ3n) is 5.32. The Bertz CT molecular complexity index is 876. The highest BCUT2D eigenvalue weighted by Gasteiger charge is 2.37. The van der Waals surface area contributed by atoms with Crippen LogP contribution in [0.2, 0.25) is 0 Å². The second-order valence-corrected chi connectivity index (χ2v) is 7.29. The molecule has 134 valence electrons. The maximum absolute atomic E-state index is 11.1. The monoisotopic (exact) mass is 348 g/mol. The summed E-state index contributed by atoms with van der Waals surface area (Å²) in [6.45, 7) is 2.06. The topological polar surface area (TPSA) is 58.3 Å². The molecule has 1 heterocycles. The highest BCUT2D eigenvalue weighted by Crippen LogP contribution is 2.38. The summed E-state index contributed by atoms with van der Waals surface area (Å²) in [5, 5.41) is 25.7. The molecule has 0 unspecified atom stereocenters. The minimum Gasteiger partial charge on any atom is -0.393 e. The van der Waals surface area contributed by atoms with Crippen LogP contribution in [0.15, 0.2) is 60.7 Å². The zero-order valence-corrected chi connectivity index (χ0v) is 15.0. The van der Waals surface area contributed by atoms with Gasteiger partial charge < -0.3 is 10.2 Å². The maximum Gasteiger partial charge on any atom is 0.109 e. The van der Waals surface area contributed by atoms with Crippen LogP contribution in [0.1, 0.15) is 36.9 Å². The lowest BCUT2D eigenvalue weighted by Gasteiger charge is -2.32. The summed E-state index contributed by atoms with van der Waals surface area (Å²) < 4.78 is 1.91. The first-order valence-corrected chi connectivity index (χ1v) is 9.19. The zero-order valence-electron chi connectivity index (χ0n) is 15.0. The molecule has 0 radical (unpaired) electrons. The molecule has 0 spiro atoms. The highest BCUT2D eigenvalue weighted by molar-refractivity contribution is 5.63. The van der Waals surface area contributed by atoms with Crippen molar-refractivity contribution in [1.82, 2.24) is 9.78 Å². The SMILES string of the molecule is Cc1ccc(-n2nc(C3(O)CCC(O)CC3)cc2-c2ccccc2)cc1. The van der Waals surface area contributed by atoms with E-state index in [1.807, 2.05) is 41.1 Å². The fraction of sp³-hybridized carbons (Fsp3) is 0.318. The summed E-state index contributed by atoms with van der Waals surface area (Å²) in [6, 6.07) is 20.3. The van der Waals surface area contributed by atoms with Gasteiger partial charge in [-0.1, -0.05) is 48.0 Å². The summed E-state index contributed by atoms with van der Waals surface area (Å²) in [5.41, 5.74) is 3.90. The van der Waals surface area contributed by atoms with Crippen molar-refractivity contribution >= 4 is 0 Å². The number of aliphatic hydroxyl groups excluding tert-OH is 1. The molecule has 4 rings (SSSR count). The first-order chi connectivity index (χ1) is 12.5. The van der Waals surface area contributed by atoms with Crippen LogP contribution >= 0.6 is 0 Å². The average Bonchev–Trinajstić information content (AvgIpc) is 3.12. The zero-order chi connectivity index (χ0) is 18.1. The molecular weight excluding hydrogens is 324 g/mol. The molecular formula is C22H24N2O2. The van der Waals surface area contributed by atoms with Gasteiger partial charge in [0.05, 0.1) is 23.2 Å². The van der Waals surface area contributed by atoms with Crippen LogP contribution in [-0.2, 0) is 5.60 Å². The van der Waals surface area contributed by atoms with Crippen LogP contribution < -0.4 is 0 Å². The number of aromatic nitrogens is 2. The van der Waals surface area contributed by atoms with E-state index in [4.69, 9.17) is 5.10 Å². The van der Waals surface area contributed by atoms with E-state index >= 15 is 0 Å². The van der Waals surface area contributed by atoms with E-state index in [9.17, 15) is 10.2 Å². The van der Waals surface area contributed by atoms with Crippen molar-refractivity contribution in [2.75, 3.05) is 0 Å². The number of rotatable bonds is 3. The first-order valence-electron chi connectivity index (χ1n) is 9.19. The standard InChI is InChI=1S/C22H24N2O2/c1-16-7-9-18(10-8-16)24-20(17-5-3-2-4-6-17)15-21(23-24)22(26)13-11-19(25)12-14-22/h2-10,15,19,25-26H,11-14H2,1H3. The summed E-state index contributed by atoms with van der Waals surface area (Å²) in [6.07, 6.45) is 1.96. The van der Waals surface area contributed by atoms with Gasteiger partial charge in [0.15, 0.2) is 0 Å². The van der Waals surface area contributed by atoms with Crippen molar-refractivity contribution in [3.63, 3.8) is 0 Å². The fourth-order valence-electron chi connectivity index (χ4n) is 3.64. The van der Waals surface area contributed by atoms with Gasteiger partial charge in [0.25, 0.3) is 0 Å². The molecule has 3 aromatic rings. The Kier molecular flexibility index (Phi) is 4.39. The molecule has 0 aliphatic heterocycles. The molecule has 0 amide bonds. The molecule has 4 nitrogen and oxygen atoms in total. The lowest BCUT2D eigenvalue weighted by molar-refractivity contribution is -0.0393. The van der Waals surface area contributed by atoms with E-state index in [1.54, 1.807) is 0 Å². The van der Waals surface area contributed by atoms with Gasteiger partial charge in [0.2, 0.25) is 0 Å². The minimum absolute atomic E-state index is 0.317. The second kappa shape index (κ2) is 6.71. The van der Waals surface area contributed by atoms with E-state index in [2.05, 4.69) is 31.2 Å². The Hall–Kier alpha value is -2.43. The van der Waals surface area contributed by atoms with Crippen LogP contribution in [0.25, 0.3) is 16.9 Å². The Labute approximate surface area is 153 Å². The molecule has 1 aromatic heterocycles. The number of benzene rings is 2. The largest absolute Gasteiger partial charge is 0.393 e. The van der Waals surface area contributed by atoms with Crippen molar-refractivity contribution in [2.45, 2.75) is 44.3 Å². The van der Waals surface area contributed by atoms with Gasteiger partial charge in [0, 0.05) is 5.56 Å². The van der Waals surface area contributed by atoms with E-state index in [1.165, 1.54) is 5.56 Å². The van der Waals surface area contributed by atoms with Gasteiger partial charge in [-0.25, -0.2) is 4.68 Å². The third kappa shape index (κ3) is 3.18. The summed E-state index contributed by atoms with van der Waals surface area (Å²) >= 11 is 0. The molecule has 1 aliphatic rings. The van der Waals surface area contributed by atoms with E-state index in [-0.39, 0.29) is 6.10 Å². The van der Waals surface area contributed by atoms with Crippen LogP contribution in [0, 0.1) is 6.92 Å². The molecule has 26 heavy (non-hydrogen) atoms. The van der Waals surface area contributed by atoms with Crippen LogP contribution in [0.3, 0.4) is 0 Å². The van der Waals surface area contributed by atoms with Gasteiger partial charge in [0.1, 0.15) is 5.60 Å². The van der Waals surface area contributed by atoms with Crippen molar-refractivity contribution in [1.29, 1.82) is 0 Å².